The molecule has 1 saturated heterocycles. The van der Waals surface area contributed by atoms with E-state index in [0.29, 0.717) is 5.02 Å². The Morgan fingerprint density at radius 1 is 0.750 bits per heavy atom. The van der Waals surface area contributed by atoms with Gasteiger partial charge in [-0.2, -0.15) is 0 Å². The van der Waals surface area contributed by atoms with Gasteiger partial charge in [-0.1, -0.05) is 23.2 Å². The molecule has 0 N–H and O–H groups in total. The third-order valence-corrected chi connectivity index (χ3v) is 7.37. The van der Waals surface area contributed by atoms with E-state index in [2.05, 4.69) is 0 Å². The SMILES string of the molecule is O=C(CCl)OC[C@H]1O[C@H](OC(=O)c2cc(Oc3ccc(Cl)cc3Cl)ccc2[N+](=O)[O-])[C@H](OC(=O)CCl)[C@@H](OC(=O)CCl)[C@@H]1OC(=O)CCl. The van der Waals surface area contributed by atoms with Crippen molar-refractivity contribution < 1.29 is 62.1 Å². The molecule has 260 valence electrons. The lowest BCUT2D eigenvalue weighted by Crippen LogP contribution is -2.63. The second-order valence-electron chi connectivity index (χ2n) is 9.14. The third kappa shape index (κ3) is 10.6. The molecule has 1 fully saturated rings. The van der Waals surface area contributed by atoms with Gasteiger partial charge in [0, 0.05) is 17.2 Å². The van der Waals surface area contributed by atoms with Crippen LogP contribution in [0, 0.1) is 10.1 Å². The van der Waals surface area contributed by atoms with Crippen molar-refractivity contribution in [3.63, 3.8) is 0 Å². The van der Waals surface area contributed by atoms with Gasteiger partial charge in [0.2, 0.25) is 12.4 Å². The Hall–Kier alpha value is -3.31. The van der Waals surface area contributed by atoms with Gasteiger partial charge in [0.1, 0.15) is 53.3 Å². The summed E-state index contributed by atoms with van der Waals surface area (Å²) >= 11 is 34.3. The molecule has 3 rings (SSSR count). The van der Waals surface area contributed by atoms with Crippen LogP contribution in [0.25, 0.3) is 0 Å². The van der Waals surface area contributed by atoms with Crippen LogP contribution in [0.4, 0.5) is 5.69 Å². The molecule has 5 atom stereocenters. The van der Waals surface area contributed by atoms with Gasteiger partial charge in [0.05, 0.1) is 9.95 Å². The van der Waals surface area contributed by atoms with Crippen LogP contribution in [-0.2, 0) is 47.6 Å². The zero-order valence-corrected chi connectivity index (χ0v) is 28.4. The van der Waals surface area contributed by atoms with Crippen LogP contribution in [0.3, 0.4) is 0 Å². The molecule has 0 bridgehead atoms. The molecule has 0 unspecified atom stereocenters. The number of ether oxygens (including phenoxy) is 7. The smallest absolute Gasteiger partial charge is 0.347 e. The predicted molar refractivity (Wildman–Crippen MR) is 167 cm³/mol. The lowest BCUT2D eigenvalue weighted by Gasteiger charge is -2.43. The Labute approximate surface area is 300 Å². The molecule has 48 heavy (non-hydrogen) atoms. The van der Waals surface area contributed by atoms with E-state index in [1.807, 2.05) is 0 Å². The second kappa shape index (κ2) is 18.5. The predicted octanol–water partition coefficient (Wildman–Crippen LogP) is 4.81. The number of nitro groups is 1. The maximum atomic E-state index is 13.6. The summed E-state index contributed by atoms with van der Waals surface area (Å²) in [6.07, 6.45) is -9.24. The molecule has 21 heteroatoms. The molecule has 1 heterocycles. The van der Waals surface area contributed by atoms with Crippen molar-refractivity contribution >= 4 is 105 Å². The molecule has 15 nitrogen and oxygen atoms in total. The Kier molecular flexibility index (Phi) is 15.0. The summed E-state index contributed by atoms with van der Waals surface area (Å²) in [6.45, 7) is -0.754. The Bertz CT molecular complexity index is 1540. The molecular formula is C27H21Cl6NO14. The maximum absolute atomic E-state index is 13.6. The molecule has 1 aliphatic heterocycles. The van der Waals surface area contributed by atoms with Crippen LogP contribution < -0.4 is 4.74 Å². The fourth-order valence-electron chi connectivity index (χ4n) is 4.03. The van der Waals surface area contributed by atoms with Crippen molar-refractivity contribution in [1.29, 1.82) is 0 Å². The number of benzene rings is 2. The number of carbonyl (C=O) groups excluding carboxylic acids is 5. The highest BCUT2D eigenvalue weighted by molar-refractivity contribution is 6.35. The highest BCUT2D eigenvalue weighted by atomic mass is 35.5. The fraction of sp³-hybridized carbons (Fsp3) is 0.370. The number of carbonyl (C=O) groups is 5. The molecule has 0 radical (unpaired) electrons. The highest BCUT2D eigenvalue weighted by Gasteiger charge is 2.54. The number of nitrogens with zero attached hydrogens (tertiary/aromatic N) is 1. The van der Waals surface area contributed by atoms with E-state index in [1.54, 1.807) is 0 Å². The third-order valence-electron chi connectivity index (χ3n) is 5.97. The summed E-state index contributed by atoms with van der Waals surface area (Å²) in [5.41, 5.74) is -1.45. The van der Waals surface area contributed by atoms with E-state index in [1.165, 1.54) is 24.3 Å². The molecule has 0 aliphatic carbocycles. The van der Waals surface area contributed by atoms with Crippen LogP contribution in [0.1, 0.15) is 10.4 Å². The standard InChI is InChI=1S/C27H21Cl6NO14/c28-7-19(35)42-11-18-23(45-20(36)8-29)24(46-21(37)9-30)25(47-22(38)10-31)27(44-18)48-26(39)14-6-13(2-3-16(14)34(40)41)43-17-4-1-12(32)5-15(17)33/h1-6,18,23-25,27H,7-11H2/t18-,23-,24+,25-,27-/m1/s1. The summed E-state index contributed by atoms with van der Waals surface area (Å²) in [5, 5.41) is 12.2. The Balaban J connectivity index is 2.07. The first-order chi connectivity index (χ1) is 22.8. The van der Waals surface area contributed by atoms with Gasteiger partial charge in [-0.25, -0.2) is 4.79 Å². The zero-order chi connectivity index (χ0) is 35.5. The van der Waals surface area contributed by atoms with E-state index >= 15 is 0 Å². The number of nitro benzene ring substituents is 1. The van der Waals surface area contributed by atoms with Gasteiger partial charge >= 0.3 is 29.8 Å². The number of hydrogen-bond acceptors (Lipinski definition) is 14. The average molecular weight is 796 g/mol. The van der Waals surface area contributed by atoms with Gasteiger partial charge < -0.3 is 33.2 Å². The lowest BCUT2D eigenvalue weighted by molar-refractivity contribution is -0.385. The van der Waals surface area contributed by atoms with Gasteiger partial charge in [0.15, 0.2) is 12.2 Å². The van der Waals surface area contributed by atoms with Gasteiger partial charge in [-0.05, 0) is 24.3 Å². The maximum Gasteiger partial charge on any atom is 0.347 e. The van der Waals surface area contributed by atoms with Crippen molar-refractivity contribution in [1.82, 2.24) is 0 Å². The molecule has 1 aliphatic rings. The van der Waals surface area contributed by atoms with E-state index in [4.69, 9.17) is 103 Å². The van der Waals surface area contributed by atoms with Crippen molar-refractivity contribution in [3.8, 4) is 11.5 Å². The molecule has 0 saturated carbocycles. The van der Waals surface area contributed by atoms with Crippen molar-refractivity contribution in [2.75, 3.05) is 30.1 Å². The molecule has 0 amide bonds. The molecular weight excluding hydrogens is 775 g/mol. The fourth-order valence-corrected chi connectivity index (χ4v) is 4.74. The van der Waals surface area contributed by atoms with Crippen molar-refractivity contribution in [3.05, 3.63) is 62.1 Å². The summed E-state index contributed by atoms with van der Waals surface area (Å²) in [4.78, 5) is 73.3. The van der Waals surface area contributed by atoms with Crippen LogP contribution in [0.15, 0.2) is 36.4 Å². The van der Waals surface area contributed by atoms with Gasteiger partial charge in [-0.15, -0.1) is 46.4 Å². The van der Waals surface area contributed by atoms with Crippen LogP contribution in [0.5, 0.6) is 11.5 Å². The van der Waals surface area contributed by atoms with Gasteiger partial charge in [0.25, 0.3) is 5.69 Å². The van der Waals surface area contributed by atoms with E-state index in [9.17, 15) is 34.1 Å². The largest absolute Gasteiger partial charge is 0.462 e. The minimum atomic E-state index is -2.08. The minimum Gasteiger partial charge on any atom is -0.462 e. The quantitative estimate of drug-likeness (QED) is 0.0832. The number of rotatable bonds is 14. The number of alkyl halides is 4. The normalized spacial score (nSPS) is 20.2. The number of hydrogen-bond donors (Lipinski definition) is 0. The summed E-state index contributed by atoms with van der Waals surface area (Å²) in [6, 6.07) is 7.28. The van der Waals surface area contributed by atoms with Crippen molar-refractivity contribution in [2.24, 2.45) is 0 Å². The first-order valence-electron chi connectivity index (χ1n) is 13.1. The summed E-state index contributed by atoms with van der Waals surface area (Å²) < 4.78 is 37.6. The van der Waals surface area contributed by atoms with E-state index in [0.717, 1.165) is 12.1 Å². The minimum absolute atomic E-state index is 0.0763. The Morgan fingerprint density at radius 2 is 1.33 bits per heavy atom. The first kappa shape index (κ1) is 39.1. The van der Waals surface area contributed by atoms with E-state index < -0.39 is 107 Å². The molecule has 0 spiro atoms. The van der Waals surface area contributed by atoms with Crippen LogP contribution in [-0.4, -0.2) is 95.6 Å². The zero-order valence-electron chi connectivity index (χ0n) is 23.8. The van der Waals surface area contributed by atoms with Crippen molar-refractivity contribution in [2.45, 2.75) is 30.7 Å². The summed E-state index contributed by atoms with van der Waals surface area (Å²) in [7, 11) is 0. The van der Waals surface area contributed by atoms with Gasteiger partial charge in [-0.3, -0.25) is 29.3 Å². The molecule has 0 aromatic heterocycles. The summed E-state index contributed by atoms with van der Waals surface area (Å²) in [5.74, 6) is -8.67. The average Bonchev–Trinajstić information content (AvgIpc) is 3.06. The topological polar surface area (TPSA) is 193 Å². The number of halogens is 6. The first-order valence-corrected chi connectivity index (χ1v) is 16.0. The van der Waals surface area contributed by atoms with Crippen LogP contribution >= 0.6 is 69.6 Å². The van der Waals surface area contributed by atoms with E-state index in [-0.39, 0.29) is 16.5 Å². The molecule has 2 aromatic rings. The Morgan fingerprint density at radius 3 is 1.90 bits per heavy atom. The monoisotopic (exact) mass is 793 g/mol. The second-order valence-corrected chi connectivity index (χ2v) is 11.1. The lowest BCUT2D eigenvalue weighted by atomic mass is 9.98. The molecule has 2 aromatic carbocycles. The highest BCUT2D eigenvalue weighted by Crippen LogP contribution is 2.35. The van der Waals surface area contributed by atoms with Crippen LogP contribution in [0.2, 0.25) is 10.0 Å². The number of esters is 5.